The van der Waals surface area contributed by atoms with E-state index in [9.17, 15) is 19.2 Å². The number of morpholine rings is 1. The Bertz CT molecular complexity index is 1110. The Labute approximate surface area is 204 Å². The molecule has 0 bridgehead atoms. The van der Waals surface area contributed by atoms with Crippen LogP contribution in [0.2, 0.25) is 0 Å². The lowest BCUT2D eigenvalue weighted by Gasteiger charge is -2.26. The van der Waals surface area contributed by atoms with Crippen LogP contribution in [0.5, 0.6) is 0 Å². The summed E-state index contributed by atoms with van der Waals surface area (Å²) < 4.78 is 10.5. The van der Waals surface area contributed by atoms with Crippen LogP contribution >= 0.6 is 0 Å². The number of fused-ring (bicyclic) bond motifs is 1. The van der Waals surface area contributed by atoms with Crippen LogP contribution in [0.4, 0.5) is 5.69 Å². The number of imide groups is 1. The fourth-order valence-electron chi connectivity index (χ4n) is 4.06. The van der Waals surface area contributed by atoms with Crippen LogP contribution in [-0.2, 0) is 20.8 Å². The van der Waals surface area contributed by atoms with Crippen molar-refractivity contribution in [2.45, 2.75) is 26.3 Å². The molecule has 1 N–H and O–H groups in total. The van der Waals surface area contributed by atoms with Crippen LogP contribution < -0.4 is 5.32 Å². The molecule has 0 aliphatic carbocycles. The second-order valence-electron chi connectivity index (χ2n) is 8.59. The molecule has 0 radical (unpaired) electrons. The number of hydrogen-bond acceptors (Lipinski definition) is 7. The van der Waals surface area contributed by atoms with Crippen molar-refractivity contribution >= 4 is 29.4 Å². The highest BCUT2D eigenvalue weighted by Crippen LogP contribution is 2.24. The van der Waals surface area contributed by atoms with Gasteiger partial charge in [0.05, 0.1) is 29.9 Å². The summed E-state index contributed by atoms with van der Waals surface area (Å²) in [6.07, 6.45) is 1.57. The van der Waals surface area contributed by atoms with Gasteiger partial charge in [0, 0.05) is 31.9 Å². The lowest BCUT2D eigenvalue weighted by molar-refractivity contribution is -0.119. The monoisotopic (exact) mass is 479 g/mol. The topological polar surface area (TPSA) is 105 Å². The number of esters is 1. The minimum atomic E-state index is -0.740. The highest BCUT2D eigenvalue weighted by atomic mass is 16.5. The standard InChI is InChI=1S/C26H29N3O6/c1-2-3-10-29-24(31)21-9-6-19(15-22(21)25(29)32)26(33)35-17-23(30)27-20-7-4-18(5-8-20)16-28-11-13-34-14-12-28/h4-9,15H,2-3,10-14,16-17H2,1H3,(H,27,30). The summed E-state index contributed by atoms with van der Waals surface area (Å²) in [7, 11) is 0. The molecule has 2 aromatic rings. The Kier molecular flexibility index (Phi) is 7.89. The molecule has 0 aromatic heterocycles. The van der Waals surface area contributed by atoms with Crippen molar-refractivity contribution in [1.29, 1.82) is 0 Å². The molecule has 9 heteroatoms. The van der Waals surface area contributed by atoms with Crippen LogP contribution in [-0.4, -0.2) is 72.9 Å². The number of ether oxygens (including phenoxy) is 2. The van der Waals surface area contributed by atoms with Crippen molar-refractivity contribution in [1.82, 2.24) is 9.80 Å². The Hall–Kier alpha value is -3.56. The summed E-state index contributed by atoms with van der Waals surface area (Å²) in [5.41, 5.74) is 2.31. The highest BCUT2D eigenvalue weighted by Gasteiger charge is 2.35. The molecule has 35 heavy (non-hydrogen) atoms. The van der Waals surface area contributed by atoms with Gasteiger partial charge >= 0.3 is 5.97 Å². The molecule has 2 aliphatic rings. The zero-order valence-corrected chi connectivity index (χ0v) is 19.7. The van der Waals surface area contributed by atoms with Gasteiger partial charge in [0.15, 0.2) is 6.61 Å². The third-order valence-corrected chi connectivity index (χ3v) is 6.02. The summed E-state index contributed by atoms with van der Waals surface area (Å²) in [6, 6.07) is 11.8. The second-order valence-corrected chi connectivity index (χ2v) is 8.59. The molecule has 2 aromatic carbocycles. The first-order valence-corrected chi connectivity index (χ1v) is 11.8. The van der Waals surface area contributed by atoms with Crippen molar-refractivity contribution in [3.63, 3.8) is 0 Å². The van der Waals surface area contributed by atoms with E-state index in [-0.39, 0.29) is 22.6 Å². The number of benzene rings is 2. The largest absolute Gasteiger partial charge is 0.452 e. The zero-order valence-electron chi connectivity index (χ0n) is 19.7. The van der Waals surface area contributed by atoms with Gasteiger partial charge in [-0.3, -0.25) is 24.2 Å². The van der Waals surface area contributed by atoms with E-state index in [2.05, 4.69) is 10.2 Å². The summed E-state index contributed by atoms with van der Waals surface area (Å²) in [5.74, 6) is -1.98. The first-order chi connectivity index (χ1) is 17.0. The lowest BCUT2D eigenvalue weighted by Crippen LogP contribution is -2.35. The minimum absolute atomic E-state index is 0.113. The van der Waals surface area contributed by atoms with Gasteiger partial charge in [-0.2, -0.15) is 0 Å². The molecule has 0 spiro atoms. The lowest BCUT2D eigenvalue weighted by atomic mass is 10.1. The van der Waals surface area contributed by atoms with E-state index in [1.54, 1.807) is 0 Å². The van der Waals surface area contributed by atoms with Crippen molar-refractivity contribution < 1.29 is 28.7 Å². The van der Waals surface area contributed by atoms with Gasteiger partial charge in [0.2, 0.25) is 0 Å². The quantitative estimate of drug-likeness (QED) is 0.435. The van der Waals surface area contributed by atoms with Crippen molar-refractivity contribution in [2.75, 3.05) is 44.8 Å². The average molecular weight is 480 g/mol. The maximum Gasteiger partial charge on any atom is 0.338 e. The third-order valence-electron chi connectivity index (χ3n) is 6.02. The van der Waals surface area contributed by atoms with Gasteiger partial charge in [0.1, 0.15) is 0 Å². The van der Waals surface area contributed by atoms with Gasteiger partial charge in [0.25, 0.3) is 17.7 Å². The van der Waals surface area contributed by atoms with Gasteiger partial charge < -0.3 is 14.8 Å². The van der Waals surface area contributed by atoms with Crippen molar-refractivity contribution in [3.05, 3.63) is 64.7 Å². The summed E-state index contributed by atoms with van der Waals surface area (Å²) >= 11 is 0. The number of nitrogens with one attached hydrogen (secondary N) is 1. The zero-order chi connectivity index (χ0) is 24.8. The van der Waals surface area contributed by atoms with Gasteiger partial charge in [-0.05, 0) is 42.3 Å². The third kappa shape index (κ3) is 5.93. The molecular formula is C26H29N3O6. The molecule has 1 fully saturated rings. The fraction of sp³-hybridized carbons (Fsp3) is 0.385. The van der Waals surface area contributed by atoms with Crippen LogP contribution in [0.3, 0.4) is 0 Å². The fourth-order valence-corrected chi connectivity index (χ4v) is 4.06. The van der Waals surface area contributed by atoms with Crippen LogP contribution in [0, 0.1) is 0 Å². The van der Waals surface area contributed by atoms with E-state index < -0.39 is 24.4 Å². The Balaban J connectivity index is 1.28. The number of carbonyl (C=O) groups excluding carboxylic acids is 4. The van der Waals surface area contributed by atoms with E-state index in [1.807, 2.05) is 31.2 Å². The number of amides is 3. The average Bonchev–Trinajstić information content (AvgIpc) is 3.11. The van der Waals surface area contributed by atoms with Crippen molar-refractivity contribution in [3.8, 4) is 0 Å². The minimum Gasteiger partial charge on any atom is -0.452 e. The number of hydrogen-bond donors (Lipinski definition) is 1. The predicted octanol–water partition coefficient (Wildman–Crippen LogP) is 2.71. The molecule has 184 valence electrons. The Morgan fingerprint density at radius 1 is 1.00 bits per heavy atom. The summed E-state index contributed by atoms with van der Waals surface area (Å²) in [6.45, 7) is 5.95. The molecule has 4 rings (SSSR count). The first kappa shape index (κ1) is 24.6. The second kappa shape index (κ2) is 11.2. The molecule has 0 saturated carbocycles. The number of unbranched alkanes of at least 4 members (excludes halogenated alkanes) is 1. The SMILES string of the molecule is CCCCN1C(=O)c2ccc(C(=O)OCC(=O)Nc3ccc(CN4CCOCC4)cc3)cc2C1=O. The van der Waals surface area contributed by atoms with Gasteiger partial charge in [-0.1, -0.05) is 25.5 Å². The van der Waals surface area contributed by atoms with E-state index >= 15 is 0 Å². The van der Waals surface area contributed by atoms with E-state index in [1.165, 1.54) is 23.1 Å². The number of rotatable bonds is 9. The van der Waals surface area contributed by atoms with Crippen LogP contribution in [0.25, 0.3) is 0 Å². The Morgan fingerprint density at radius 2 is 1.71 bits per heavy atom. The normalized spacial score (nSPS) is 15.7. The van der Waals surface area contributed by atoms with Gasteiger partial charge in [-0.15, -0.1) is 0 Å². The van der Waals surface area contributed by atoms with Crippen LogP contribution in [0.1, 0.15) is 56.4 Å². The Morgan fingerprint density at radius 3 is 2.43 bits per heavy atom. The first-order valence-electron chi connectivity index (χ1n) is 11.8. The van der Waals surface area contributed by atoms with E-state index in [0.29, 0.717) is 18.7 Å². The van der Waals surface area contributed by atoms with Gasteiger partial charge in [-0.25, -0.2) is 4.79 Å². The number of anilines is 1. The van der Waals surface area contributed by atoms with E-state index in [0.717, 1.165) is 44.8 Å². The molecule has 9 nitrogen and oxygen atoms in total. The number of carbonyl (C=O) groups is 4. The summed E-state index contributed by atoms with van der Waals surface area (Å²) in [5, 5.41) is 2.70. The maximum absolute atomic E-state index is 12.6. The maximum atomic E-state index is 12.6. The number of nitrogens with zero attached hydrogens (tertiary/aromatic N) is 2. The molecule has 1 saturated heterocycles. The van der Waals surface area contributed by atoms with E-state index in [4.69, 9.17) is 9.47 Å². The molecule has 2 aliphatic heterocycles. The molecule has 0 atom stereocenters. The smallest absolute Gasteiger partial charge is 0.338 e. The molecule has 3 amide bonds. The predicted molar refractivity (Wildman–Crippen MR) is 128 cm³/mol. The van der Waals surface area contributed by atoms with Crippen molar-refractivity contribution in [2.24, 2.45) is 0 Å². The molecule has 0 unspecified atom stereocenters. The highest BCUT2D eigenvalue weighted by molar-refractivity contribution is 6.22. The summed E-state index contributed by atoms with van der Waals surface area (Å²) in [4.78, 5) is 53.2. The van der Waals surface area contributed by atoms with Crippen LogP contribution in [0.15, 0.2) is 42.5 Å². The molecular weight excluding hydrogens is 450 g/mol. The molecule has 2 heterocycles.